The van der Waals surface area contributed by atoms with Crippen LogP contribution in [0.25, 0.3) is 55.0 Å². The summed E-state index contributed by atoms with van der Waals surface area (Å²) in [5.41, 5.74) is 8.53. The van der Waals surface area contributed by atoms with Crippen LogP contribution in [-0.4, -0.2) is 0 Å². The van der Waals surface area contributed by atoms with Gasteiger partial charge in [-0.2, -0.15) is 0 Å². The minimum atomic E-state index is -0.529. The lowest BCUT2D eigenvalue weighted by Gasteiger charge is -2.11. The van der Waals surface area contributed by atoms with E-state index in [-0.39, 0.29) is 0 Å². The van der Waals surface area contributed by atoms with Crippen molar-refractivity contribution in [3.8, 4) is 22.3 Å². The van der Waals surface area contributed by atoms with Gasteiger partial charge in [-0.05, 0) is 34.5 Å². The minimum Gasteiger partial charge on any atom is -0.422 e. The first-order valence-electron chi connectivity index (χ1n) is 10.5. The van der Waals surface area contributed by atoms with Gasteiger partial charge in [-0.1, -0.05) is 60.7 Å². The topological polar surface area (TPSA) is 86.4 Å². The van der Waals surface area contributed by atoms with E-state index in [1.54, 1.807) is 30.3 Å². The zero-order chi connectivity index (χ0) is 22.5. The van der Waals surface area contributed by atoms with Crippen LogP contribution in [0.1, 0.15) is 0 Å². The smallest absolute Gasteiger partial charge is 0.344 e. The molecule has 4 aromatic carbocycles. The van der Waals surface area contributed by atoms with Gasteiger partial charge in [0.1, 0.15) is 11.2 Å². The number of benzene rings is 4. The summed E-state index contributed by atoms with van der Waals surface area (Å²) in [5.74, 6) is 0. The van der Waals surface area contributed by atoms with Crippen molar-refractivity contribution in [2.24, 2.45) is 0 Å². The molecular formula is C28H17NO4. The minimum absolute atomic E-state index is 0.316. The summed E-state index contributed by atoms with van der Waals surface area (Å²) in [5, 5.41) is 3.56. The van der Waals surface area contributed by atoms with Crippen LogP contribution in [0, 0.1) is 0 Å². The lowest BCUT2D eigenvalue weighted by Crippen LogP contribution is -2.05. The molecule has 0 spiro atoms. The maximum atomic E-state index is 12.9. The highest BCUT2D eigenvalue weighted by atomic mass is 16.4. The Morgan fingerprint density at radius 3 is 2.24 bits per heavy atom. The molecule has 33 heavy (non-hydrogen) atoms. The molecule has 0 bridgehead atoms. The van der Waals surface area contributed by atoms with Gasteiger partial charge in [0.2, 0.25) is 0 Å². The summed E-state index contributed by atoms with van der Waals surface area (Å²) in [6.45, 7) is 0. The first-order chi connectivity index (χ1) is 16.1. The van der Waals surface area contributed by atoms with Crippen molar-refractivity contribution >= 4 is 38.4 Å². The Bertz CT molecular complexity index is 1820. The van der Waals surface area contributed by atoms with E-state index in [0.29, 0.717) is 28.0 Å². The van der Waals surface area contributed by atoms with Gasteiger partial charge in [-0.15, -0.1) is 0 Å². The van der Waals surface area contributed by atoms with Gasteiger partial charge in [0.25, 0.3) is 0 Å². The third-order valence-corrected chi connectivity index (χ3v) is 5.90. The van der Waals surface area contributed by atoms with Gasteiger partial charge in [0, 0.05) is 39.7 Å². The summed E-state index contributed by atoms with van der Waals surface area (Å²) in [4.78, 5) is 25.5. The lowest BCUT2D eigenvalue weighted by molar-refractivity contribution is 0.556. The maximum absolute atomic E-state index is 12.9. The molecule has 6 aromatic rings. The predicted octanol–water partition coefficient (Wildman–Crippen LogP) is 5.97. The molecule has 6 rings (SSSR count). The highest BCUT2D eigenvalue weighted by Crippen LogP contribution is 2.36. The largest absolute Gasteiger partial charge is 0.422 e. The molecule has 0 unspecified atom stereocenters. The van der Waals surface area contributed by atoms with E-state index in [2.05, 4.69) is 0 Å². The molecule has 0 saturated carbocycles. The molecule has 2 aromatic heterocycles. The standard InChI is InChI=1S/C28H17NO4/c29-18-12-11-17-13-24(28(31)32-25(17)14-18)22-10-4-9-21-23(15-26(30)33-27(21)22)20-8-3-6-16-5-1-2-7-19(16)20/h1-15H,29H2. The molecule has 2 heterocycles. The van der Waals surface area contributed by atoms with Crippen LogP contribution >= 0.6 is 0 Å². The molecule has 0 aliphatic rings. The number of hydrogen-bond donors (Lipinski definition) is 1. The number of anilines is 1. The summed E-state index contributed by atoms with van der Waals surface area (Å²) >= 11 is 0. The molecule has 0 amide bonds. The van der Waals surface area contributed by atoms with Crippen molar-refractivity contribution in [1.82, 2.24) is 0 Å². The normalized spacial score (nSPS) is 11.4. The molecule has 0 atom stereocenters. The van der Waals surface area contributed by atoms with Crippen LogP contribution in [0.15, 0.2) is 109 Å². The SMILES string of the molecule is Nc1ccc2cc(-c3cccc4c(-c5cccc6ccccc56)cc(=O)oc34)c(=O)oc2c1. The second-order valence-electron chi connectivity index (χ2n) is 7.93. The quantitative estimate of drug-likeness (QED) is 0.270. The summed E-state index contributed by atoms with van der Waals surface area (Å²) in [6, 6.07) is 27.9. The van der Waals surface area contributed by atoms with Crippen molar-refractivity contribution in [2.45, 2.75) is 0 Å². The van der Waals surface area contributed by atoms with E-state index in [0.717, 1.165) is 32.7 Å². The predicted molar refractivity (Wildman–Crippen MR) is 131 cm³/mol. The molecule has 5 nitrogen and oxygen atoms in total. The maximum Gasteiger partial charge on any atom is 0.344 e. The number of hydrogen-bond acceptors (Lipinski definition) is 5. The summed E-state index contributed by atoms with van der Waals surface area (Å²) in [7, 11) is 0. The summed E-state index contributed by atoms with van der Waals surface area (Å²) < 4.78 is 11.2. The zero-order valence-corrected chi connectivity index (χ0v) is 17.4. The Morgan fingerprint density at radius 2 is 1.33 bits per heavy atom. The van der Waals surface area contributed by atoms with Crippen LogP contribution < -0.4 is 17.0 Å². The molecule has 2 N–H and O–H groups in total. The fourth-order valence-electron chi connectivity index (χ4n) is 4.40. The van der Waals surface area contributed by atoms with Gasteiger partial charge in [0.15, 0.2) is 0 Å². The highest BCUT2D eigenvalue weighted by molar-refractivity contribution is 6.07. The fraction of sp³-hybridized carbons (Fsp3) is 0. The lowest BCUT2D eigenvalue weighted by atomic mass is 9.94. The van der Waals surface area contributed by atoms with Crippen molar-refractivity contribution in [1.29, 1.82) is 0 Å². The number of fused-ring (bicyclic) bond motifs is 3. The van der Waals surface area contributed by atoms with Crippen molar-refractivity contribution < 1.29 is 8.83 Å². The Balaban J connectivity index is 1.67. The third kappa shape index (κ3) is 3.10. The van der Waals surface area contributed by atoms with E-state index in [1.807, 2.05) is 54.6 Å². The zero-order valence-electron chi connectivity index (χ0n) is 17.4. The summed E-state index contributed by atoms with van der Waals surface area (Å²) in [6.07, 6.45) is 0. The monoisotopic (exact) mass is 431 g/mol. The second-order valence-corrected chi connectivity index (χ2v) is 7.93. The average Bonchev–Trinajstić information content (AvgIpc) is 2.82. The molecule has 158 valence electrons. The number of rotatable bonds is 2. The second kappa shape index (κ2) is 7.21. The van der Waals surface area contributed by atoms with Crippen molar-refractivity contribution in [3.63, 3.8) is 0 Å². The van der Waals surface area contributed by atoms with Gasteiger partial charge < -0.3 is 14.6 Å². The number of para-hydroxylation sites is 1. The van der Waals surface area contributed by atoms with Gasteiger partial charge in [-0.3, -0.25) is 0 Å². The van der Waals surface area contributed by atoms with E-state index in [1.165, 1.54) is 6.07 Å². The Labute approximate surface area is 187 Å². The molecule has 0 aliphatic heterocycles. The Morgan fingerprint density at radius 1 is 0.576 bits per heavy atom. The first kappa shape index (κ1) is 19.1. The van der Waals surface area contributed by atoms with Gasteiger partial charge in [-0.25, -0.2) is 9.59 Å². The van der Waals surface area contributed by atoms with E-state index < -0.39 is 11.3 Å². The van der Waals surface area contributed by atoms with Crippen LogP contribution in [-0.2, 0) is 0 Å². The number of nitrogens with two attached hydrogens (primary N) is 1. The van der Waals surface area contributed by atoms with Crippen LogP contribution in [0.5, 0.6) is 0 Å². The highest BCUT2D eigenvalue weighted by Gasteiger charge is 2.17. The molecule has 0 fully saturated rings. The fourth-order valence-corrected chi connectivity index (χ4v) is 4.40. The first-order valence-corrected chi connectivity index (χ1v) is 10.5. The van der Waals surface area contributed by atoms with E-state index >= 15 is 0 Å². The third-order valence-electron chi connectivity index (χ3n) is 5.90. The molecule has 0 radical (unpaired) electrons. The Hall–Kier alpha value is -4.64. The average molecular weight is 431 g/mol. The number of nitrogen functional groups attached to an aromatic ring is 1. The van der Waals surface area contributed by atoms with E-state index in [9.17, 15) is 9.59 Å². The van der Waals surface area contributed by atoms with Crippen LogP contribution in [0.4, 0.5) is 5.69 Å². The molecule has 0 saturated heterocycles. The molecular weight excluding hydrogens is 414 g/mol. The van der Waals surface area contributed by atoms with Crippen LogP contribution in [0.3, 0.4) is 0 Å². The van der Waals surface area contributed by atoms with Crippen molar-refractivity contribution in [3.05, 3.63) is 112 Å². The van der Waals surface area contributed by atoms with Crippen LogP contribution in [0.2, 0.25) is 0 Å². The molecule has 5 heteroatoms. The van der Waals surface area contributed by atoms with Gasteiger partial charge in [0.05, 0.1) is 5.56 Å². The Kier molecular flexibility index (Phi) is 4.17. The van der Waals surface area contributed by atoms with Gasteiger partial charge >= 0.3 is 11.3 Å². The van der Waals surface area contributed by atoms with Crippen molar-refractivity contribution in [2.75, 3.05) is 5.73 Å². The molecule has 0 aliphatic carbocycles. The van der Waals surface area contributed by atoms with E-state index in [4.69, 9.17) is 14.6 Å².